The van der Waals surface area contributed by atoms with Gasteiger partial charge in [0, 0.05) is 33.0 Å². The van der Waals surface area contributed by atoms with E-state index in [1.165, 1.54) is 0 Å². The van der Waals surface area contributed by atoms with E-state index < -0.39 is 0 Å². The Labute approximate surface area is 154 Å². The number of nitrogens with one attached hydrogen (secondary N) is 1. The molecule has 0 fully saturated rings. The lowest BCUT2D eigenvalue weighted by Gasteiger charge is -2.22. The maximum absolute atomic E-state index is 5.70. The number of benzene rings is 1. The van der Waals surface area contributed by atoms with Crippen LogP contribution in [-0.2, 0) is 6.54 Å². The zero-order valence-electron chi connectivity index (χ0n) is 13.6. The van der Waals surface area contributed by atoms with Gasteiger partial charge in [-0.3, -0.25) is 9.67 Å². The van der Waals surface area contributed by atoms with Gasteiger partial charge >= 0.3 is 0 Å². The fourth-order valence-corrected chi connectivity index (χ4v) is 2.02. The highest BCUT2D eigenvalue weighted by Gasteiger charge is 2.05. The molecular formula is C16H24IN5O. The molecule has 126 valence electrons. The molecular weight excluding hydrogens is 405 g/mol. The lowest BCUT2D eigenvalue weighted by atomic mass is 10.3. The average molecular weight is 429 g/mol. The first-order chi connectivity index (χ1) is 10.8. The number of para-hydroxylation sites is 1. The van der Waals surface area contributed by atoms with E-state index in [0.29, 0.717) is 6.61 Å². The Balaban J connectivity index is 0.00000264. The SMILES string of the molecule is CN=C(NCCn1cccn1)N(C)CCOc1ccccc1.I. The number of halogens is 1. The van der Waals surface area contributed by atoms with Crippen LogP contribution in [0, 0.1) is 0 Å². The standard InChI is InChI=1S/C16H23N5O.HI/c1-17-16(18-10-12-21-11-6-9-19-21)20(2)13-14-22-15-7-4-3-5-8-15;/h3-9,11H,10,12-14H2,1-2H3,(H,17,18);1H. The molecule has 1 N–H and O–H groups in total. The highest BCUT2D eigenvalue weighted by atomic mass is 127. The van der Waals surface area contributed by atoms with Gasteiger partial charge in [-0.25, -0.2) is 0 Å². The number of likely N-dealkylation sites (N-methyl/N-ethyl adjacent to an activating group) is 1. The maximum Gasteiger partial charge on any atom is 0.193 e. The first-order valence-electron chi connectivity index (χ1n) is 7.36. The van der Waals surface area contributed by atoms with Crippen LogP contribution >= 0.6 is 24.0 Å². The van der Waals surface area contributed by atoms with Crippen LogP contribution in [0.1, 0.15) is 0 Å². The quantitative estimate of drug-likeness (QED) is 0.416. The first-order valence-corrected chi connectivity index (χ1v) is 7.36. The molecule has 0 saturated heterocycles. The number of guanidine groups is 1. The lowest BCUT2D eigenvalue weighted by Crippen LogP contribution is -2.42. The van der Waals surface area contributed by atoms with E-state index in [1.54, 1.807) is 13.2 Å². The van der Waals surface area contributed by atoms with Gasteiger partial charge in [0.15, 0.2) is 5.96 Å². The maximum atomic E-state index is 5.70. The summed E-state index contributed by atoms with van der Waals surface area (Å²) in [4.78, 5) is 6.33. The molecule has 0 radical (unpaired) electrons. The summed E-state index contributed by atoms with van der Waals surface area (Å²) in [7, 11) is 3.78. The molecule has 1 aromatic heterocycles. The molecule has 0 aliphatic heterocycles. The van der Waals surface area contributed by atoms with Crippen LogP contribution in [0.5, 0.6) is 5.75 Å². The van der Waals surface area contributed by atoms with Gasteiger partial charge in [-0.05, 0) is 18.2 Å². The van der Waals surface area contributed by atoms with Crippen LogP contribution in [-0.4, -0.2) is 54.4 Å². The van der Waals surface area contributed by atoms with E-state index in [1.807, 2.05) is 59.2 Å². The molecule has 0 spiro atoms. The van der Waals surface area contributed by atoms with Crippen molar-refractivity contribution in [1.82, 2.24) is 20.0 Å². The van der Waals surface area contributed by atoms with E-state index >= 15 is 0 Å². The van der Waals surface area contributed by atoms with Gasteiger partial charge in [0.25, 0.3) is 0 Å². The minimum absolute atomic E-state index is 0. The van der Waals surface area contributed by atoms with Crippen LogP contribution in [0.2, 0.25) is 0 Å². The van der Waals surface area contributed by atoms with Gasteiger partial charge in [0.05, 0.1) is 13.1 Å². The summed E-state index contributed by atoms with van der Waals surface area (Å²) in [6, 6.07) is 11.7. The van der Waals surface area contributed by atoms with Crippen molar-refractivity contribution >= 4 is 29.9 Å². The summed E-state index contributed by atoms with van der Waals surface area (Å²) < 4.78 is 7.58. The fourth-order valence-electron chi connectivity index (χ4n) is 2.02. The van der Waals surface area contributed by atoms with Crippen LogP contribution in [0.3, 0.4) is 0 Å². The molecule has 1 heterocycles. The Morgan fingerprint density at radius 2 is 2.09 bits per heavy atom. The highest BCUT2D eigenvalue weighted by molar-refractivity contribution is 14.0. The zero-order chi connectivity index (χ0) is 15.6. The van der Waals surface area contributed by atoms with Crippen LogP contribution in [0.15, 0.2) is 53.8 Å². The highest BCUT2D eigenvalue weighted by Crippen LogP contribution is 2.07. The largest absolute Gasteiger partial charge is 0.492 e. The predicted molar refractivity (Wildman–Crippen MR) is 104 cm³/mol. The van der Waals surface area contributed by atoms with Crippen LogP contribution < -0.4 is 10.1 Å². The minimum atomic E-state index is 0. The molecule has 1 aromatic carbocycles. The van der Waals surface area contributed by atoms with Crippen molar-refractivity contribution < 1.29 is 4.74 Å². The monoisotopic (exact) mass is 429 g/mol. The third-order valence-electron chi connectivity index (χ3n) is 3.20. The molecule has 2 aromatic rings. The average Bonchev–Trinajstić information content (AvgIpc) is 3.06. The molecule has 0 unspecified atom stereocenters. The summed E-state index contributed by atoms with van der Waals surface area (Å²) in [5.74, 6) is 1.74. The number of ether oxygens (including phenoxy) is 1. The second-order valence-electron chi connectivity index (χ2n) is 4.83. The lowest BCUT2D eigenvalue weighted by molar-refractivity contribution is 0.281. The second-order valence-corrected chi connectivity index (χ2v) is 4.83. The molecule has 0 aliphatic carbocycles. The van der Waals surface area contributed by atoms with Crippen molar-refractivity contribution in [3.8, 4) is 5.75 Å². The van der Waals surface area contributed by atoms with E-state index in [4.69, 9.17) is 4.74 Å². The molecule has 23 heavy (non-hydrogen) atoms. The molecule has 0 bridgehead atoms. The van der Waals surface area contributed by atoms with Crippen molar-refractivity contribution in [3.63, 3.8) is 0 Å². The normalized spacial score (nSPS) is 10.8. The summed E-state index contributed by atoms with van der Waals surface area (Å²) in [6.45, 7) is 2.95. The zero-order valence-corrected chi connectivity index (χ0v) is 15.9. The Kier molecular flexibility index (Phi) is 9.11. The van der Waals surface area contributed by atoms with E-state index in [-0.39, 0.29) is 24.0 Å². The van der Waals surface area contributed by atoms with Crippen molar-refractivity contribution in [2.45, 2.75) is 6.54 Å². The molecule has 7 heteroatoms. The Hall–Kier alpha value is -1.77. The fraction of sp³-hybridized carbons (Fsp3) is 0.375. The first kappa shape index (κ1) is 19.3. The van der Waals surface area contributed by atoms with Crippen LogP contribution in [0.25, 0.3) is 0 Å². The predicted octanol–water partition coefficient (Wildman–Crippen LogP) is 2.09. The van der Waals surface area contributed by atoms with Gasteiger partial charge in [-0.2, -0.15) is 5.10 Å². The number of rotatable bonds is 7. The third kappa shape index (κ3) is 6.89. The molecule has 2 rings (SSSR count). The summed E-state index contributed by atoms with van der Waals surface area (Å²) in [5.41, 5.74) is 0. The number of nitrogens with zero attached hydrogens (tertiary/aromatic N) is 4. The van der Waals surface area contributed by atoms with E-state index in [2.05, 4.69) is 15.4 Å². The summed E-state index contributed by atoms with van der Waals surface area (Å²) >= 11 is 0. The van der Waals surface area contributed by atoms with Crippen molar-refractivity contribution in [3.05, 3.63) is 48.8 Å². The molecule has 0 amide bonds. The van der Waals surface area contributed by atoms with E-state index in [9.17, 15) is 0 Å². The van der Waals surface area contributed by atoms with E-state index in [0.717, 1.165) is 31.3 Å². The van der Waals surface area contributed by atoms with Crippen molar-refractivity contribution in [1.29, 1.82) is 0 Å². The molecule has 6 nitrogen and oxygen atoms in total. The summed E-state index contributed by atoms with van der Waals surface area (Å²) in [5, 5.41) is 7.49. The van der Waals surface area contributed by atoms with Gasteiger partial charge < -0.3 is 15.0 Å². The Bertz CT molecular complexity index is 559. The summed E-state index contributed by atoms with van der Waals surface area (Å²) in [6.07, 6.45) is 3.73. The number of hydrogen-bond donors (Lipinski definition) is 1. The number of aromatic nitrogens is 2. The third-order valence-corrected chi connectivity index (χ3v) is 3.20. The Morgan fingerprint density at radius 1 is 1.30 bits per heavy atom. The molecule has 0 saturated carbocycles. The van der Waals surface area contributed by atoms with Crippen molar-refractivity contribution in [2.75, 3.05) is 33.8 Å². The topological polar surface area (TPSA) is 54.7 Å². The van der Waals surface area contributed by atoms with Gasteiger partial charge in [0.1, 0.15) is 12.4 Å². The minimum Gasteiger partial charge on any atom is -0.492 e. The number of aliphatic imine (C=N–C) groups is 1. The van der Waals surface area contributed by atoms with Gasteiger partial charge in [-0.1, -0.05) is 18.2 Å². The second kappa shape index (κ2) is 10.9. The smallest absolute Gasteiger partial charge is 0.193 e. The van der Waals surface area contributed by atoms with Gasteiger partial charge in [0.2, 0.25) is 0 Å². The molecule has 0 aliphatic rings. The molecule has 0 atom stereocenters. The van der Waals surface area contributed by atoms with Gasteiger partial charge in [-0.15, -0.1) is 24.0 Å². The Morgan fingerprint density at radius 3 is 2.74 bits per heavy atom. The number of hydrogen-bond acceptors (Lipinski definition) is 3. The van der Waals surface area contributed by atoms with Crippen LogP contribution in [0.4, 0.5) is 0 Å². The van der Waals surface area contributed by atoms with Crippen molar-refractivity contribution in [2.24, 2.45) is 4.99 Å².